The number of piperazine rings is 1. The van der Waals surface area contributed by atoms with Gasteiger partial charge < -0.3 is 15.0 Å². The third kappa shape index (κ3) is 7.16. The van der Waals surface area contributed by atoms with E-state index in [-0.39, 0.29) is 23.2 Å². The summed E-state index contributed by atoms with van der Waals surface area (Å²) in [6, 6.07) is 6.80. The Labute approximate surface area is 223 Å². The molecule has 1 aliphatic heterocycles. The lowest BCUT2D eigenvalue weighted by atomic mass is 9.87. The lowest BCUT2D eigenvalue weighted by Crippen LogP contribution is -2.47. The van der Waals surface area contributed by atoms with Gasteiger partial charge in [0.05, 0.1) is 29.5 Å². The first-order valence-electron chi connectivity index (χ1n) is 13.0. The predicted molar refractivity (Wildman–Crippen MR) is 143 cm³/mol. The molecule has 1 aliphatic carbocycles. The zero-order valence-electron chi connectivity index (χ0n) is 21.5. The first-order chi connectivity index (χ1) is 17.8. The molecule has 1 saturated heterocycles. The van der Waals surface area contributed by atoms with E-state index in [1.165, 1.54) is 28.5 Å². The molecule has 202 valence electrons. The van der Waals surface area contributed by atoms with E-state index in [9.17, 15) is 18.0 Å². The Kier molecular flexibility index (Phi) is 9.33. The largest absolute Gasteiger partial charge is 0.466 e. The fourth-order valence-electron chi connectivity index (χ4n) is 5.02. The van der Waals surface area contributed by atoms with Gasteiger partial charge in [0.1, 0.15) is 0 Å². The smallest absolute Gasteiger partial charge is 0.311 e. The van der Waals surface area contributed by atoms with E-state index in [2.05, 4.69) is 15.2 Å². The minimum atomic E-state index is -3.57. The third-order valence-corrected chi connectivity index (χ3v) is 9.87. The van der Waals surface area contributed by atoms with Gasteiger partial charge in [-0.3, -0.25) is 9.59 Å². The highest BCUT2D eigenvalue weighted by Crippen LogP contribution is 2.35. The van der Waals surface area contributed by atoms with Crippen molar-refractivity contribution < 1.29 is 22.7 Å². The van der Waals surface area contributed by atoms with Gasteiger partial charge in [0.25, 0.3) is 0 Å². The lowest BCUT2D eigenvalue weighted by Gasteiger charge is -2.31. The Morgan fingerprint density at radius 1 is 1.14 bits per heavy atom. The van der Waals surface area contributed by atoms with Gasteiger partial charge in [-0.05, 0) is 44.0 Å². The number of nitrogens with zero attached hydrogens (tertiary/aromatic N) is 3. The van der Waals surface area contributed by atoms with Crippen LogP contribution in [0, 0.1) is 5.92 Å². The van der Waals surface area contributed by atoms with Gasteiger partial charge in [-0.15, -0.1) is 11.3 Å². The molecule has 1 atom stereocenters. The van der Waals surface area contributed by atoms with Gasteiger partial charge in [0, 0.05) is 31.6 Å². The summed E-state index contributed by atoms with van der Waals surface area (Å²) in [7, 11) is -1.58. The molecule has 0 unspecified atom stereocenters. The van der Waals surface area contributed by atoms with E-state index in [1.54, 1.807) is 36.6 Å². The van der Waals surface area contributed by atoms with Crippen molar-refractivity contribution in [2.75, 3.05) is 45.2 Å². The zero-order chi connectivity index (χ0) is 26.4. The number of aromatic nitrogens is 1. The van der Waals surface area contributed by atoms with Crippen molar-refractivity contribution in [2.45, 2.75) is 56.3 Å². The molecule has 2 heterocycles. The molecule has 1 aromatic heterocycles. The number of likely N-dealkylation sites (N-methyl/N-ethyl adjacent to an activating group) is 1. The molecule has 1 aromatic carbocycles. The van der Waals surface area contributed by atoms with Gasteiger partial charge in [-0.2, -0.15) is 4.31 Å². The summed E-state index contributed by atoms with van der Waals surface area (Å²) in [6.45, 7) is 4.42. The first-order valence-corrected chi connectivity index (χ1v) is 15.3. The van der Waals surface area contributed by atoms with E-state index in [0.29, 0.717) is 56.0 Å². The number of amides is 1. The van der Waals surface area contributed by atoms with E-state index in [1.807, 2.05) is 7.05 Å². The first kappa shape index (κ1) is 27.7. The molecule has 1 saturated carbocycles. The van der Waals surface area contributed by atoms with Crippen molar-refractivity contribution in [3.63, 3.8) is 0 Å². The second-order valence-corrected chi connectivity index (χ2v) is 12.6. The standard InChI is InChI=1S/C26H36N4O5S2/c1-3-35-24(31)17-21-18-36-26(27-21)28-25(32)23(16-19-6-4-5-7-19)20-8-10-22(11-9-20)37(33,34)30-14-12-29(2)13-15-30/h8-11,18-19,23H,3-7,12-17H2,1-2H3,(H,27,28,32)/t23-/m1/s1. The Hall–Kier alpha value is -2.34. The quantitative estimate of drug-likeness (QED) is 0.453. The number of nitrogens with one attached hydrogen (secondary N) is 1. The highest BCUT2D eigenvalue weighted by Gasteiger charge is 2.30. The summed E-state index contributed by atoms with van der Waals surface area (Å²) in [5.41, 5.74) is 1.36. The number of hydrogen-bond acceptors (Lipinski definition) is 8. The summed E-state index contributed by atoms with van der Waals surface area (Å²) >= 11 is 1.28. The molecule has 4 rings (SSSR count). The summed E-state index contributed by atoms with van der Waals surface area (Å²) in [5, 5.41) is 5.11. The molecular formula is C26H36N4O5S2. The molecule has 0 radical (unpaired) electrons. The molecule has 2 aromatic rings. The average Bonchev–Trinajstić information content (AvgIpc) is 3.55. The topological polar surface area (TPSA) is 109 Å². The molecule has 37 heavy (non-hydrogen) atoms. The molecule has 11 heteroatoms. The van der Waals surface area contributed by atoms with E-state index in [4.69, 9.17) is 4.74 Å². The maximum atomic E-state index is 13.4. The minimum Gasteiger partial charge on any atom is -0.466 e. The highest BCUT2D eigenvalue weighted by molar-refractivity contribution is 7.89. The fraction of sp³-hybridized carbons (Fsp3) is 0.577. The van der Waals surface area contributed by atoms with Crippen LogP contribution in [-0.4, -0.2) is 74.3 Å². The van der Waals surface area contributed by atoms with Crippen molar-refractivity contribution in [3.05, 3.63) is 40.9 Å². The number of anilines is 1. The second-order valence-electron chi connectivity index (χ2n) is 9.83. The maximum absolute atomic E-state index is 13.4. The van der Waals surface area contributed by atoms with Crippen LogP contribution >= 0.6 is 11.3 Å². The molecular weight excluding hydrogens is 512 g/mol. The maximum Gasteiger partial charge on any atom is 0.311 e. The molecule has 1 N–H and O–H groups in total. The van der Waals surface area contributed by atoms with Gasteiger partial charge in [-0.25, -0.2) is 13.4 Å². The highest BCUT2D eigenvalue weighted by atomic mass is 32.2. The molecule has 0 spiro atoms. The average molecular weight is 549 g/mol. The van der Waals surface area contributed by atoms with Crippen molar-refractivity contribution in [3.8, 4) is 0 Å². The Morgan fingerprint density at radius 2 is 1.81 bits per heavy atom. The van der Waals surface area contributed by atoms with Crippen LogP contribution in [0.3, 0.4) is 0 Å². The van der Waals surface area contributed by atoms with Crippen molar-refractivity contribution in [1.29, 1.82) is 0 Å². The number of rotatable bonds is 10. The Morgan fingerprint density at radius 3 is 2.46 bits per heavy atom. The SMILES string of the molecule is CCOC(=O)Cc1csc(NC(=O)[C@H](CC2CCCC2)c2ccc(S(=O)(=O)N3CCN(C)CC3)cc2)n1. The predicted octanol–water partition coefficient (Wildman–Crippen LogP) is 3.49. The number of hydrogen-bond donors (Lipinski definition) is 1. The van der Waals surface area contributed by atoms with Crippen LogP contribution in [0.15, 0.2) is 34.5 Å². The van der Waals surface area contributed by atoms with E-state index in [0.717, 1.165) is 18.4 Å². The Balaban J connectivity index is 1.48. The number of thiazole rings is 1. The van der Waals surface area contributed by atoms with Crippen LogP contribution in [0.5, 0.6) is 0 Å². The normalized spacial score (nSPS) is 18.5. The summed E-state index contributed by atoms with van der Waals surface area (Å²) < 4.78 is 32.8. The van der Waals surface area contributed by atoms with Gasteiger partial charge in [-0.1, -0.05) is 37.8 Å². The summed E-state index contributed by atoms with van der Waals surface area (Å²) in [6.07, 6.45) is 5.31. The van der Waals surface area contributed by atoms with Gasteiger partial charge in [0.2, 0.25) is 15.9 Å². The monoisotopic (exact) mass is 548 g/mol. The zero-order valence-corrected chi connectivity index (χ0v) is 23.2. The summed E-state index contributed by atoms with van der Waals surface area (Å²) in [5.74, 6) is -0.476. The van der Waals surface area contributed by atoms with Gasteiger partial charge >= 0.3 is 5.97 Å². The van der Waals surface area contributed by atoms with Crippen LogP contribution in [0.2, 0.25) is 0 Å². The molecule has 9 nitrogen and oxygen atoms in total. The number of ether oxygens (including phenoxy) is 1. The number of carbonyl (C=O) groups is 2. The number of esters is 1. The molecule has 2 fully saturated rings. The van der Waals surface area contributed by atoms with Crippen molar-refractivity contribution >= 4 is 38.4 Å². The minimum absolute atomic E-state index is 0.0644. The van der Waals surface area contributed by atoms with E-state index < -0.39 is 15.9 Å². The van der Waals surface area contributed by atoms with Crippen LogP contribution in [-0.2, 0) is 30.8 Å². The fourth-order valence-corrected chi connectivity index (χ4v) is 7.16. The van der Waals surface area contributed by atoms with Crippen molar-refractivity contribution in [2.24, 2.45) is 5.92 Å². The van der Waals surface area contributed by atoms with Gasteiger partial charge in [0.15, 0.2) is 5.13 Å². The van der Waals surface area contributed by atoms with E-state index >= 15 is 0 Å². The molecule has 1 amide bonds. The van der Waals surface area contributed by atoms with Crippen LogP contribution < -0.4 is 5.32 Å². The van der Waals surface area contributed by atoms with Crippen molar-refractivity contribution in [1.82, 2.24) is 14.2 Å². The Bertz CT molecular complexity index is 1170. The molecule has 0 bridgehead atoms. The molecule has 2 aliphatic rings. The summed E-state index contributed by atoms with van der Waals surface area (Å²) in [4.78, 5) is 31.9. The number of carbonyl (C=O) groups excluding carboxylic acids is 2. The third-order valence-electron chi connectivity index (χ3n) is 7.16. The van der Waals surface area contributed by atoms with Crippen LogP contribution in [0.4, 0.5) is 5.13 Å². The number of sulfonamides is 1. The number of benzene rings is 1. The second kappa shape index (κ2) is 12.5. The van der Waals surface area contributed by atoms with Crippen LogP contribution in [0.25, 0.3) is 0 Å². The lowest BCUT2D eigenvalue weighted by molar-refractivity contribution is -0.142. The van der Waals surface area contributed by atoms with Crippen LogP contribution in [0.1, 0.15) is 56.2 Å².